The number of halogens is 2. The molecule has 3 rings (SSSR count). The van der Waals surface area contributed by atoms with E-state index < -0.39 is 10.0 Å². The second-order valence-electron chi connectivity index (χ2n) is 7.54. The number of nitrogens with one attached hydrogen (secondary N) is 1. The first-order valence-electron chi connectivity index (χ1n) is 9.69. The molecule has 0 unspecified atom stereocenters. The Bertz CT molecular complexity index is 877. The molecule has 2 aliphatic heterocycles. The lowest BCUT2D eigenvalue weighted by atomic mass is 9.96. The zero-order valence-electron chi connectivity index (χ0n) is 16.2. The van der Waals surface area contributed by atoms with Crippen molar-refractivity contribution in [1.82, 2.24) is 14.5 Å². The van der Waals surface area contributed by atoms with E-state index in [9.17, 15) is 18.0 Å². The molecule has 2 heterocycles. The molecule has 0 saturated carbocycles. The minimum atomic E-state index is -3.76. The molecule has 29 heavy (non-hydrogen) atoms. The normalized spacial score (nSPS) is 19.9. The summed E-state index contributed by atoms with van der Waals surface area (Å²) in [6.45, 7) is 3.37. The predicted octanol–water partition coefficient (Wildman–Crippen LogP) is 2.52. The molecule has 0 aromatic heterocycles. The van der Waals surface area contributed by atoms with Crippen molar-refractivity contribution in [2.45, 2.75) is 43.5 Å². The van der Waals surface area contributed by atoms with Gasteiger partial charge in [0.2, 0.25) is 21.8 Å². The number of carbonyl (C=O) groups excluding carboxylic acids is 2. The van der Waals surface area contributed by atoms with Gasteiger partial charge >= 0.3 is 0 Å². The molecule has 1 aromatic carbocycles. The molecule has 0 aliphatic carbocycles. The Labute approximate surface area is 181 Å². The van der Waals surface area contributed by atoms with Crippen LogP contribution in [0.3, 0.4) is 0 Å². The lowest BCUT2D eigenvalue weighted by molar-refractivity contribution is -0.130. The molecule has 10 heteroatoms. The van der Waals surface area contributed by atoms with Crippen molar-refractivity contribution in [1.29, 1.82) is 0 Å². The second kappa shape index (κ2) is 9.20. The molecule has 0 atom stereocenters. The highest BCUT2D eigenvalue weighted by atomic mass is 35.5. The molecular weight excluding hydrogens is 437 g/mol. The van der Waals surface area contributed by atoms with Crippen LogP contribution >= 0.6 is 23.2 Å². The number of piperidine rings is 2. The summed E-state index contributed by atoms with van der Waals surface area (Å²) in [5, 5.41) is 3.50. The van der Waals surface area contributed by atoms with E-state index >= 15 is 0 Å². The fraction of sp³-hybridized carbons (Fsp3) is 0.579. The van der Waals surface area contributed by atoms with Crippen molar-refractivity contribution >= 4 is 45.0 Å². The fourth-order valence-electron chi connectivity index (χ4n) is 3.83. The Hall–Kier alpha value is -1.35. The van der Waals surface area contributed by atoms with Gasteiger partial charge in [-0.05, 0) is 43.9 Å². The number of nitrogens with zero attached hydrogens (tertiary/aromatic N) is 2. The number of hydrogen-bond donors (Lipinski definition) is 1. The van der Waals surface area contributed by atoms with Crippen LogP contribution in [0.15, 0.2) is 23.1 Å². The number of amides is 2. The van der Waals surface area contributed by atoms with Crippen molar-refractivity contribution < 1.29 is 18.0 Å². The maximum Gasteiger partial charge on any atom is 0.244 e. The topological polar surface area (TPSA) is 86.8 Å². The van der Waals surface area contributed by atoms with Gasteiger partial charge in [-0.25, -0.2) is 8.42 Å². The first-order chi connectivity index (χ1) is 13.7. The van der Waals surface area contributed by atoms with Gasteiger partial charge in [0.05, 0.1) is 5.02 Å². The largest absolute Gasteiger partial charge is 0.353 e. The summed E-state index contributed by atoms with van der Waals surface area (Å²) < 4.78 is 27.1. The first-order valence-corrected chi connectivity index (χ1v) is 11.9. The molecule has 7 nitrogen and oxygen atoms in total. The van der Waals surface area contributed by atoms with Crippen LogP contribution < -0.4 is 5.32 Å². The molecule has 2 amide bonds. The van der Waals surface area contributed by atoms with Crippen LogP contribution in [0.4, 0.5) is 0 Å². The van der Waals surface area contributed by atoms with Crippen LogP contribution in [0.1, 0.15) is 32.6 Å². The summed E-state index contributed by atoms with van der Waals surface area (Å²) in [6.07, 6.45) is 2.39. The van der Waals surface area contributed by atoms with Gasteiger partial charge in [0.25, 0.3) is 0 Å². The van der Waals surface area contributed by atoms with E-state index in [0.29, 0.717) is 31.0 Å². The minimum absolute atomic E-state index is 0.00759. The number of hydrogen-bond acceptors (Lipinski definition) is 4. The van der Waals surface area contributed by atoms with Gasteiger partial charge in [0.15, 0.2) is 0 Å². The Balaban J connectivity index is 1.54. The Morgan fingerprint density at radius 3 is 2.24 bits per heavy atom. The quantitative estimate of drug-likeness (QED) is 0.745. The average molecular weight is 462 g/mol. The van der Waals surface area contributed by atoms with E-state index in [4.69, 9.17) is 23.2 Å². The van der Waals surface area contributed by atoms with Crippen LogP contribution in [0, 0.1) is 5.92 Å². The Morgan fingerprint density at radius 2 is 1.66 bits per heavy atom. The van der Waals surface area contributed by atoms with Crippen molar-refractivity contribution in [3.05, 3.63) is 28.2 Å². The summed E-state index contributed by atoms with van der Waals surface area (Å²) in [7, 11) is -3.76. The monoisotopic (exact) mass is 461 g/mol. The maximum atomic E-state index is 12.9. The van der Waals surface area contributed by atoms with E-state index in [2.05, 4.69) is 5.32 Å². The van der Waals surface area contributed by atoms with Crippen molar-refractivity contribution in [2.24, 2.45) is 5.92 Å². The lowest BCUT2D eigenvalue weighted by Crippen LogP contribution is -2.49. The van der Waals surface area contributed by atoms with Crippen LogP contribution in [-0.4, -0.2) is 61.7 Å². The summed E-state index contributed by atoms with van der Waals surface area (Å²) in [4.78, 5) is 25.8. The van der Waals surface area contributed by atoms with Gasteiger partial charge in [-0.15, -0.1) is 0 Å². The zero-order valence-corrected chi connectivity index (χ0v) is 18.6. The molecule has 1 N–H and O–H groups in total. The third-order valence-electron chi connectivity index (χ3n) is 5.62. The van der Waals surface area contributed by atoms with Gasteiger partial charge in [0.1, 0.15) is 4.90 Å². The minimum Gasteiger partial charge on any atom is -0.353 e. The molecule has 1 aromatic rings. The number of sulfonamides is 1. The summed E-state index contributed by atoms with van der Waals surface area (Å²) in [5.74, 6) is -0.200. The molecule has 2 fully saturated rings. The van der Waals surface area contributed by atoms with Crippen molar-refractivity contribution in [3.8, 4) is 0 Å². The zero-order chi connectivity index (χ0) is 21.2. The van der Waals surface area contributed by atoms with E-state index in [-0.39, 0.29) is 46.8 Å². The van der Waals surface area contributed by atoms with Crippen LogP contribution in [-0.2, 0) is 19.6 Å². The van der Waals surface area contributed by atoms with Gasteiger partial charge in [0, 0.05) is 50.1 Å². The number of likely N-dealkylation sites (tertiary alicyclic amines) is 1. The highest BCUT2D eigenvalue weighted by molar-refractivity contribution is 7.89. The molecule has 0 spiro atoms. The summed E-state index contributed by atoms with van der Waals surface area (Å²) in [6, 6.07) is 4.42. The smallest absolute Gasteiger partial charge is 0.244 e. The van der Waals surface area contributed by atoms with E-state index in [1.807, 2.05) is 0 Å². The van der Waals surface area contributed by atoms with E-state index in [0.717, 1.165) is 12.8 Å². The van der Waals surface area contributed by atoms with Gasteiger partial charge in [-0.1, -0.05) is 23.2 Å². The summed E-state index contributed by atoms with van der Waals surface area (Å²) in [5.41, 5.74) is 0. The third kappa shape index (κ3) is 5.23. The summed E-state index contributed by atoms with van der Waals surface area (Å²) >= 11 is 12.0. The SMILES string of the molecule is CC(=O)N1CCC(NC(=O)C2CCN(S(=O)(=O)c3cc(Cl)ccc3Cl)CC2)CC1. The number of carbonyl (C=O) groups is 2. The van der Waals surface area contributed by atoms with Crippen LogP contribution in [0.5, 0.6) is 0 Å². The Kier molecular flexibility index (Phi) is 7.09. The first kappa shape index (κ1) is 22.3. The molecule has 160 valence electrons. The molecule has 2 saturated heterocycles. The average Bonchev–Trinajstić information content (AvgIpc) is 2.70. The second-order valence-corrected chi connectivity index (χ2v) is 10.3. The van der Waals surface area contributed by atoms with Crippen molar-refractivity contribution in [3.63, 3.8) is 0 Å². The standard InChI is InChI=1S/C19H25Cl2N3O4S/c1-13(25)23-8-6-16(7-9-23)22-19(26)14-4-10-24(11-5-14)29(27,28)18-12-15(20)2-3-17(18)21/h2-3,12,14,16H,4-11H2,1H3,(H,22,26). The highest BCUT2D eigenvalue weighted by Gasteiger charge is 2.34. The number of benzene rings is 1. The number of rotatable bonds is 4. The maximum absolute atomic E-state index is 12.9. The Morgan fingerprint density at radius 1 is 1.03 bits per heavy atom. The van der Waals surface area contributed by atoms with Gasteiger partial charge < -0.3 is 10.2 Å². The molecule has 2 aliphatic rings. The van der Waals surface area contributed by atoms with E-state index in [1.165, 1.54) is 16.4 Å². The van der Waals surface area contributed by atoms with Crippen molar-refractivity contribution in [2.75, 3.05) is 26.2 Å². The van der Waals surface area contributed by atoms with E-state index in [1.54, 1.807) is 17.9 Å². The molecule has 0 bridgehead atoms. The fourth-order valence-corrected chi connectivity index (χ4v) is 6.04. The van der Waals surface area contributed by atoms with Gasteiger partial charge in [-0.2, -0.15) is 4.31 Å². The van der Waals surface area contributed by atoms with Crippen LogP contribution in [0.25, 0.3) is 0 Å². The molecule has 0 radical (unpaired) electrons. The predicted molar refractivity (Wildman–Crippen MR) is 111 cm³/mol. The molecular formula is C19H25Cl2N3O4S. The highest BCUT2D eigenvalue weighted by Crippen LogP contribution is 2.30. The van der Waals surface area contributed by atoms with Gasteiger partial charge in [-0.3, -0.25) is 9.59 Å². The third-order valence-corrected chi connectivity index (χ3v) is 8.24. The van der Waals surface area contributed by atoms with Crippen LogP contribution in [0.2, 0.25) is 10.0 Å². The lowest BCUT2D eigenvalue weighted by Gasteiger charge is -2.34.